The Bertz CT molecular complexity index is 719. The van der Waals surface area contributed by atoms with Crippen LogP contribution < -0.4 is 5.76 Å². The number of para-hydroxylation sites is 2. The van der Waals surface area contributed by atoms with Gasteiger partial charge in [0.1, 0.15) is 6.04 Å². The monoisotopic (exact) mass is 292 g/mol. The van der Waals surface area contributed by atoms with Gasteiger partial charge in [-0.2, -0.15) is 0 Å². The lowest BCUT2D eigenvalue weighted by Gasteiger charge is -2.21. The summed E-state index contributed by atoms with van der Waals surface area (Å²) in [6.45, 7) is 0.485. The molecule has 0 amide bonds. The van der Waals surface area contributed by atoms with E-state index in [1.165, 1.54) is 11.7 Å². The largest absolute Gasteiger partial charge is 0.468 e. The fraction of sp³-hybridized carbons (Fsp3) is 0.429. The van der Waals surface area contributed by atoms with E-state index in [2.05, 4.69) is 0 Å². The average Bonchev–Trinajstić information content (AvgIpc) is 2.99. The van der Waals surface area contributed by atoms with Crippen LogP contribution in [0.4, 0.5) is 0 Å². The number of β-amino-alcohol motifs (C(OH)–C–C–N with tert-alkyl or cyclic N) is 1. The van der Waals surface area contributed by atoms with Crippen molar-refractivity contribution in [3.63, 3.8) is 0 Å². The Balaban J connectivity index is 1.92. The number of aliphatic hydroxyl groups is 1. The van der Waals surface area contributed by atoms with Crippen LogP contribution in [0.15, 0.2) is 33.5 Å². The van der Waals surface area contributed by atoms with Crippen LogP contribution in [0.5, 0.6) is 0 Å². The normalized spacial score (nSPS) is 22.8. The van der Waals surface area contributed by atoms with Crippen molar-refractivity contribution in [2.75, 3.05) is 13.7 Å². The number of nitrogens with zero attached hydrogens (tertiary/aromatic N) is 2. The third kappa shape index (κ3) is 2.45. The van der Waals surface area contributed by atoms with Crippen LogP contribution in [0.3, 0.4) is 0 Å². The number of hydrogen-bond acceptors (Lipinski definition) is 6. The Morgan fingerprint density at radius 3 is 3.00 bits per heavy atom. The van der Waals surface area contributed by atoms with E-state index in [1.807, 2.05) is 6.07 Å². The average molecular weight is 292 g/mol. The zero-order chi connectivity index (χ0) is 15.0. The number of ether oxygens (including phenoxy) is 1. The second-order valence-electron chi connectivity index (χ2n) is 5.10. The summed E-state index contributed by atoms with van der Waals surface area (Å²) in [6.07, 6.45) is -0.306. The molecule has 1 saturated heterocycles. The summed E-state index contributed by atoms with van der Waals surface area (Å²) in [5.41, 5.74) is 1.16. The Morgan fingerprint density at radius 2 is 2.24 bits per heavy atom. The van der Waals surface area contributed by atoms with Gasteiger partial charge in [0.05, 0.1) is 25.4 Å². The minimum atomic E-state index is -0.608. The smallest absolute Gasteiger partial charge is 0.421 e. The summed E-state index contributed by atoms with van der Waals surface area (Å²) in [7, 11) is 1.31. The second-order valence-corrected chi connectivity index (χ2v) is 5.10. The molecule has 7 heteroatoms. The molecule has 0 saturated carbocycles. The molecule has 1 fully saturated rings. The van der Waals surface area contributed by atoms with E-state index in [4.69, 9.17) is 9.15 Å². The molecular formula is C14H16N2O5. The van der Waals surface area contributed by atoms with Crippen molar-refractivity contribution in [2.45, 2.75) is 25.2 Å². The van der Waals surface area contributed by atoms with E-state index in [0.717, 1.165) is 0 Å². The fourth-order valence-corrected chi connectivity index (χ4v) is 2.75. The summed E-state index contributed by atoms with van der Waals surface area (Å²) in [4.78, 5) is 25.4. The Hall–Kier alpha value is -2.12. The number of oxazole rings is 1. The number of likely N-dealkylation sites (tertiary alicyclic amines) is 1. The lowest BCUT2D eigenvalue weighted by atomic mass is 10.2. The number of carbonyl (C=O) groups is 1. The van der Waals surface area contributed by atoms with Gasteiger partial charge >= 0.3 is 11.7 Å². The molecule has 0 spiro atoms. The fourth-order valence-electron chi connectivity index (χ4n) is 2.75. The molecule has 1 N–H and O–H groups in total. The molecule has 0 aliphatic carbocycles. The van der Waals surface area contributed by atoms with Gasteiger partial charge in [-0.15, -0.1) is 0 Å². The molecule has 3 rings (SSSR count). The minimum absolute atomic E-state index is 0.173. The number of carbonyl (C=O) groups excluding carboxylic acids is 1. The third-order valence-electron chi connectivity index (χ3n) is 3.75. The first-order valence-electron chi connectivity index (χ1n) is 6.68. The van der Waals surface area contributed by atoms with E-state index in [9.17, 15) is 14.7 Å². The topological polar surface area (TPSA) is 84.9 Å². The van der Waals surface area contributed by atoms with Crippen molar-refractivity contribution in [1.29, 1.82) is 0 Å². The van der Waals surface area contributed by atoms with Crippen molar-refractivity contribution < 1.29 is 19.1 Å². The van der Waals surface area contributed by atoms with Crippen LogP contribution in [0.2, 0.25) is 0 Å². The van der Waals surface area contributed by atoms with Gasteiger partial charge in [-0.25, -0.2) is 4.79 Å². The number of benzene rings is 1. The van der Waals surface area contributed by atoms with Crippen molar-refractivity contribution >= 4 is 17.1 Å². The van der Waals surface area contributed by atoms with Gasteiger partial charge in [-0.1, -0.05) is 12.1 Å². The Labute approximate surface area is 120 Å². The van der Waals surface area contributed by atoms with Crippen LogP contribution >= 0.6 is 0 Å². The predicted octanol–water partition coefficient (Wildman–Crippen LogP) is 0.160. The van der Waals surface area contributed by atoms with Crippen LogP contribution in [-0.4, -0.2) is 46.3 Å². The lowest BCUT2D eigenvalue weighted by molar-refractivity contribution is -0.146. The number of methoxy groups -OCH3 is 1. The van der Waals surface area contributed by atoms with Crippen molar-refractivity contribution in [2.24, 2.45) is 0 Å². The molecule has 1 aromatic carbocycles. The number of aliphatic hydroxyl groups excluding tert-OH is 1. The lowest BCUT2D eigenvalue weighted by Crippen LogP contribution is -2.39. The van der Waals surface area contributed by atoms with Gasteiger partial charge in [0.2, 0.25) is 0 Å². The zero-order valence-corrected chi connectivity index (χ0v) is 11.6. The molecule has 2 heterocycles. The van der Waals surface area contributed by atoms with Gasteiger partial charge in [0.15, 0.2) is 5.58 Å². The van der Waals surface area contributed by atoms with Gasteiger partial charge in [-0.05, 0) is 12.1 Å². The first-order valence-corrected chi connectivity index (χ1v) is 6.68. The summed E-state index contributed by atoms with van der Waals surface area (Å²) in [5, 5.41) is 9.77. The standard InChI is InChI=1S/C14H16N2O5/c1-20-13(18)11-6-9(17)7-15(11)8-16-10-4-2-3-5-12(10)21-14(16)19/h2-5,9,11,17H,6-8H2,1H3/t9-,11+/m1/s1. The minimum Gasteiger partial charge on any atom is -0.468 e. The molecule has 0 bridgehead atoms. The molecule has 1 aliphatic heterocycles. The van der Waals surface area contributed by atoms with Crippen LogP contribution in [-0.2, 0) is 16.2 Å². The molecule has 112 valence electrons. The summed E-state index contributed by atoms with van der Waals surface area (Å²) in [6, 6.07) is 6.53. The molecular weight excluding hydrogens is 276 g/mol. The van der Waals surface area contributed by atoms with E-state index >= 15 is 0 Å². The number of esters is 1. The molecule has 2 aromatic rings. The van der Waals surface area contributed by atoms with Crippen LogP contribution in [0, 0.1) is 0 Å². The van der Waals surface area contributed by atoms with E-state index in [-0.39, 0.29) is 6.67 Å². The summed E-state index contributed by atoms with van der Waals surface area (Å²) in [5.74, 6) is -0.895. The number of fused-ring (bicyclic) bond motifs is 1. The molecule has 7 nitrogen and oxygen atoms in total. The molecule has 1 aliphatic rings. The van der Waals surface area contributed by atoms with E-state index < -0.39 is 23.9 Å². The van der Waals surface area contributed by atoms with Crippen molar-refractivity contribution in [1.82, 2.24) is 9.47 Å². The highest BCUT2D eigenvalue weighted by Gasteiger charge is 2.37. The van der Waals surface area contributed by atoms with Gasteiger partial charge in [0.25, 0.3) is 0 Å². The summed E-state index contributed by atoms with van der Waals surface area (Å²) < 4.78 is 11.4. The van der Waals surface area contributed by atoms with Crippen LogP contribution in [0.1, 0.15) is 6.42 Å². The van der Waals surface area contributed by atoms with Gasteiger partial charge in [0, 0.05) is 13.0 Å². The predicted molar refractivity (Wildman–Crippen MR) is 73.6 cm³/mol. The van der Waals surface area contributed by atoms with Crippen molar-refractivity contribution in [3.8, 4) is 0 Å². The zero-order valence-electron chi connectivity index (χ0n) is 11.6. The first-order chi connectivity index (χ1) is 10.1. The SMILES string of the molecule is COC(=O)[C@@H]1C[C@@H](O)CN1Cn1c(=O)oc2ccccc21. The van der Waals surface area contributed by atoms with E-state index in [0.29, 0.717) is 24.1 Å². The maximum Gasteiger partial charge on any atom is 0.421 e. The highest BCUT2D eigenvalue weighted by molar-refractivity contribution is 5.76. The quantitative estimate of drug-likeness (QED) is 0.811. The maximum atomic E-state index is 11.9. The highest BCUT2D eigenvalue weighted by atomic mass is 16.5. The number of rotatable bonds is 3. The molecule has 0 radical (unpaired) electrons. The number of aromatic nitrogens is 1. The highest BCUT2D eigenvalue weighted by Crippen LogP contribution is 2.21. The summed E-state index contributed by atoms with van der Waals surface area (Å²) >= 11 is 0. The second kappa shape index (κ2) is 5.34. The molecule has 21 heavy (non-hydrogen) atoms. The maximum absolute atomic E-state index is 11.9. The third-order valence-corrected chi connectivity index (χ3v) is 3.75. The number of hydrogen-bond donors (Lipinski definition) is 1. The van der Waals surface area contributed by atoms with Gasteiger partial charge in [-0.3, -0.25) is 14.3 Å². The molecule has 0 unspecified atom stereocenters. The van der Waals surface area contributed by atoms with Crippen LogP contribution in [0.25, 0.3) is 11.1 Å². The van der Waals surface area contributed by atoms with E-state index in [1.54, 1.807) is 23.1 Å². The first kappa shape index (κ1) is 13.8. The molecule has 2 atom stereocenters. The Morgan fingerprint density at radius 1 is 1.48 bits per heavy atom. The van der Waals surface area contributed by atoms with Crippen molar-refractivity contribution in [3.05, 3.63) is 34.8 Å². The van der Waals surface area contributed by atoms with Gasteiger partial charge < -0.3 is 14.3 Å². The molecule has 1 aromatic heterocycles. The Kier molecular flexibility index (Phi) is 3.52.